The van der Waals surface area contributed by atoms with Crippen LogP contribution in [0.1, 0.15) is 30.1 Å². The standard InChI is InChI=1S/C17H20ClN3O4S/c1-2-8-25-14(22)10-13-16(24)19-6-7-21(13)17(26)20-15(23)11-4-3-5-12(18)9-11/h3-5,9,13H,2,6-8,10H2,1H3,(H,19,24)(H,20,23,26)/t13-/m1/s1. The van der Waals surface area contributed by atoms with Crippen LogP contribution in [0.4, 0.5) is 0 Å². The third-order valence-electron chi connectivity index (χ3n) is 3.73. The van der Waals surface area contributed by atoms with Crippen molar-refractivity contribution in [3.63, 3.8) is 0 Å². The first-order chi connectivity index (χ1) is 12.4. The fraction of sp³-hybridized carbons (Fsp3) is 0.412. The maximum absolute atomic E-state index is 12.3. The molecule has 0 unspecified atom stereocenters. The Morgan fingerprint density at radius 3 is 2.92 bits per heavy atom. The molecule has 26 heavy (non-hydrogen) atoms. The van der Waals surface area contributed by atoms with E-state index in [9.17, 15) is 14.4 Å². The number of carbonyl (C=O) groups excluding carboxylic acids is 3. The van der Waals surface area contributed by atoms with E-state index >= 15 is 0 Å². The number of esters is 1. The highest BCUT2D eigenvalue weighted by Gasteiger charge is 2.34. The molecule has 1 aromatic carbocycles. The second-order valence-electron chi connectivity index (χ2n) is 5.69. The molecule has 1 fully saturated rings. The number of thiocarbonyl (C=S) groups is 1. The van der Waals surface area contributed by atoms with E-state index < -0.39 is 17.9 Å². The summed E-state index contributed by atoms with van der Waals surface area (Å²) in [5.74, 6) is -1.25. The van der Waals surface area contributed by atoms with Crippen molar-refractivity contribution in [2.24, 2.45) is 0 Å². The molecule has 0 spiro atoms. The van der Waals surface area contributed by atoms with Crippen LogP contribution in [0.5, 0.6) is 0 Å². The van der Waals surface area contributed by atoms with Gasteiger partial charge in [0.25, 0.3) is 5.91 Å². The number of piperazine rings is 1. The van der Waals surface area contributed by atoms with Gasteiger partial charge in [-0.05, 0) is 36.8 Å². The summed E-state index contributed by atoms with van der Waals surface area (Å²) in [7, 11) is 0. The molecule has 0 bridgehead atoms. The van der Waals surface area contributed by atoms with Gasteiger partial charge in [0.15, 0.2) is 5.11 Å². The molecule has 0 aromatic heterocycles. The van der Waals surface area contributed by atoms with Crippen molar-refractivity contribution in [3.8, 4) is 0 Å². The number of rotatable bonds is 5. The van der Waals surface area contributed by atoms with Crippen molar-refractivity contribution in [2.75, 3.05) is 19.7 Å². The zero-order valence-corrected chi connectivity index (χ0v) is 15.9. The highest BCUT2D eigenvalue weighted by atomic mass is 35.5. The van der Waals surface area contributed by atoms with E-state index in [4.69, 9.17) is 28.6 Å². The molecule has 0 radical (unpaired) electrons. The number of carbonyl (C=O) groups is 3. The van der Waals surface area contributed by atoms with E-state index in [1.165, 1.54) is 11.0 Å². The molecule has 1 aromatic rings. The summed E-state index contributed by atoms with van der Waals surface area (Å²) in [6.45, 7) is 2.93. The summed E-state index contributed by atoms with van der Waals surface area (Å²) >= 11 is 11.2. The van der Waals surface area contributed by atoms with E-state index in [0.717, 1.165) is 0 Å². The first-order valence-corrected chi connectivity index (χ1v) is 9.02. The summed E-state index contributed by atoms with van der Waals surface area (Å²) in [6, 6.07) is 5.61. The minimum absolute atomic E-state index is 0.0816. The molecule has 2 N–H and O–H groups in total. The summed E-state index contributed by atoms with van der Waals surface area (Å²) < 4.78 is 5.04. The van der Waals surface area contributed by atoms with Crippen LogP contribution >= 0.6 is 23.8 Å². The molecular weight excluding hydrogens is 378 g/mol. The quantitative estimate of drug-likeness (QED) is 0.578. The van der Waals surface area contributed by atoms with Crippen molar-refractivity contribution in [1.29, 1.82) is 0 Å². The first-order valence-electron chi connectivity index (χ1n) is 8.23. The summed E-state index contributed by atoms with van der Waals surface area (Å²) in [5.41, 5.74) is 0.347. The molecule has 1 aliphatic heterocycles. The minimum atomic E-state index is -0.819. The highest BCUT2D eigenvalue weighted by Crippen LogP contribution is 2.13. The maximum Gasteiger partial charge on any atom is 0.308 e. The molecule has 1 aliphatic rings. The lowest BCUT2D eigenvalue weighted by atomic mass is 10.1. The predicted molar refractivity (Wildman–Crippen MR) is 101 cm³/mol. The molecule has 140 valence electrons. The lowest BCUT2D eigenvalue weighted by Gasteiger charge is -2.36. The van der Waals surface area contributed by atoms with Gasteiger partial charge >= 0.3 is 5.97 Å². The van der Waals surface area contributed by atoms with Crippen LogP contribution in [0, 0.1) is 0 Å². The number of nitrogens with zero attached hydrogens (tertiary/aromatic N) is 1. The lowest BCUT2D eigenvalue weighted by Crippen LogP contribution is -2.60. The van der Waals surface area contributed by atoms with Crippen molar-refractivity contribution in [1.82, 2.24) is 15.5 Å². The Morgan fingerprint density at radius 1 is 1.46 bits per heavy atom. The van der Waals surface area contributed by atoms with E-state index in [0.29, 0.717) is 36.7 Å². The van der Waals surface area contributed by atoms with Crippen molar-refractivity contribution < 1.29 is 19.1 Å². The van der Waals surface area contributed by atoms with Crippen molar-refractivity contribution in [2.45, 2.75) is 25.8 Å². The summed E-state index contributed by atoms with van der Waals surface area (Å²) in [6.07, 6.45) is 0.555. The smallest absolute Gasteiger partial charge is 0.308 e. The second-order valence-corrected chi connectivity index (χ2v) is 6.52. The molecule has 7 nitrogen and oxygen atoms in total. The van der Waals surface area contributed by atoms with E-state index in [-0.39, 0.29) is 17.4 Å². The fourth-order valence-corrected chi connectivity index (χ4v) is 2.97. The van der Waals surface area contributed by atoms with Crippen LogP contribution in [0.15, 0.2) is 24.3 Å². The Morgan fingerprint density at radius 2 is 2.23 bits per heavy atom. The number of amides is 2. The van der Waals surface area contributed by atoms with Gasteiger partial charge < -0.3 is 15.0 Å². The SMILES string of the molecule is CCCOC(=O)C[C@@H]1C(=O)NCCN1C(=S)NC(=O)c1cccc(Cl)c1. The summed E-state index contributed by atoms with van der Waals surface area (Å²) in [5, 5.41) is 5.79. The third-order valence-corrected chi connectivity index (χ3v) is 4.30. The monoisotopic (exact) mass is 397 g/mol. The van der Waals surface area contributed by atoms with Crippen molar-refractivity contribution >= 4 is 46.7 Å². The molecule has 0 aliphatic carbocycles. The van der Waals surface area contributed by atoms with Crippen LogP contribution in [-0.4, -0.2) is 53.5 Å². The Bertz CT molecular complexity index is 713. The molecule has 1 atom stereocenters. The first kappa shape index (κ1) is 20.1. The number of hydrogen-bond donors (Lipinski definition) is 2. The normalized spacial score (nSPS) is 16.6. The summed E-state index contributed by atoms with van der Waals surface area (Å²) in [4.78, 5) is 37.9. The average Bonchev–Trinajstić information content (AvgIpc) is 2.61. The lowest BCUT2D eigenvalue weighted by molar-refractivity contribution is -0.147. The number of hydrogen-bond acceptors (Lipinski definition) is 5. The molecule has 9 heteroatoms. The van der Waals surface area contributed by atoms with Gasteiger partial charge in [0, 0.05) is 23.7 Å². The largest absolute Gasteiger partial charge is 0.466 e. The van der Waals surface area contributed by atoms with Gasteiger partial charge in [-0.1, -0.05) is 24.6 Å². The molecule has 1 saturated heterocycles. The Labute approximate surface area is 162 Å². The van der Waals surface area contributed by atoms with Gasteiger partial charge in [-0.3, -0.25) is 19.7 Å². The predicted octanol–water partition coefficient (Wildman–Crippen LogP) is 1.50. The molecule has 1 heterocycles. The third kappa shape index (κ3) is 5.40. The van der Waals surface area contributed by atoms with Crippen LogP contribution in [0.25, 0.3) is 0 Å². The van der Waals surface area contributed by atoms with Crippen LogP contribution < -0.4 is 10.6 Å². The van der Waals surface area contributed by atoms with Crippen LogP contribution in [0.2, 0.25) is 5.02 Å². The zero-order chi connectivity index (χ0) is 19.1. The second kappa shape index (κ2) is 9.49. The Kier molecular flexibility index (Phi) is 7.35. The van der Waals surface area contributed by atoms with Crippen molar-refractivity contribution in [3.05, 3.63) is 34.9 Å². The fourth-order valence-electron chi connectivity index (χ4n) is 2.46. The Hall–Kier alpha value is -2.19. The van der Waals surface area contributed by atoms with Gasteiger partial charge in [-0.15, -0.1) is 0 Å². The van der Waals surface area contributed by atoms with Gasteiger partial charge in [0.1, 0.15) is 6.04 Å². The average molecular weight is 398 g/mol. The van der Waals surface area contributed by atoms with Gasteiger partial charge in [-0.2, -0.15) is 0 Å². The van der Waals surface area contributed by atoms with Crippen LogP contribution in [-0.2, 0) is 14.3 Å². The maximum atomic E-state index is 12.3. The van der Waals surface area contributed by atoms with E-state index in [1.807, 2.05) is 6.92 Å². The number of nitrogens with one attached hydrogen (secondary N) is 2. The zero-order valence-electron chi connectivity index (χ0n) is 14.3. The molecule has 2 rings (SSSR count). The molecule has 0 saturated carbocycles. The molecular formula is C17H20ClN3O4S. The van der Waals surface area contributed by atoms with E-state index in [1.54, 1.807) is 18.2 Å². The topological polar surface area (TPSA) is 87.7 Å². The van der Waals surface area contributed by atoms with Gasteiger partial charge in [0.2, 0.25) is 5.91 Å². The Balaban J connectivity index is 2.05. The number of halogens is 1. The highest BCUT2D eigenvalue weighted by molar-refractivity contribution is 7.80. The number of ether oxygens (including phenoxy) is 1. The molecule has 2 amide bonds. The van der Waals surface area contributed by atoms with E-state index in [2.05, 4.69) is 10.6 Å². The minimum Gasteiger partial charge on any atom is -0.466 e. The number of benzene rings is 1. The van der Waals surface area contributed by atoms with Gasteiger partial charge in [-0.25, -0.2) is 0 Å². The van der Waals surface area contributed by atoms with Crippen LogP contribution in [0.3, 0.4) is 0 Å². The van der Waals surface area contributed by atoms with Gasteiger partial charge in [0.05, 0.1) is 13.0 Å².